The van der Waals surface area contributed by atoms with Gasteiger partial charge in [-0.05, 0) is 37.9 Å². The van der Waals surface area contributed by atoms with Crippen molar-refractivity contribution < 1.29 is 14.7 Å². The van der Waals surface area contributed by atoms with Crippen LogP contribution < -0.4 is 5.32 Å². The quantitative estimate of drug-likeness (QED) is 0.873. The second-order valence-electron chi connectivity index (χ2n) is 5.28. The average molecular weight is 311 g/mol. The first kappa shape index (κ1) is 15.8. The number of carbonyl (C=O) groups is 2. The molecule has 21 heavy (non-hydrogen) atoms. The van der Waals surface area contributed by atoms with Crippen molar-refractivity contribution in [2.75, 3.05) is 13.1 Å². The van der Waals surface area contributed by atoms with Crippen LogP contribution in [0.3, 0.4) is 0 Å². The van der Waals surface area contributed by atoms with Gasteiger partial charge < -0.3 is 10.4 Å². The summed E-state index contributed by atoms with van der Waals surface area (Å²) in [5.41, 5.74) is 0.851. The van der Waals surface area contributed by atoms with Crippen LogP contribution >= 0.6 is 11.6 Å². The Labute approximate surface area is 128 Å². The number of benzene rings is 1. The normalized spacial score (nSPS) is 20.2. The van der Waals surface area contributed by atoms with Crippen molar-refractivity contribution in [1.29, 1.82) is 0 Å². The Morgan fingerprint density at radius 3 is 2.86 bits per heavy atom. The molecule has 1 heterocycles. The minimum atomic E-state index is -0.862. The summed E-state index contributed by atoms with van der Waals surface area (Å²) in [5, 5.41) is 12.6. The van der Waals surface area contributed by atoms with Gasteiger partial charge in [0.25, 0.3) is 0 Å². The van der Waals surface area contributed by atoms with Crippen molar-refractivity contribution in [3.05, 3.63) is 34.9 Å². The molecule has 1 aromatic rings. The van der Waals surface area contributed by atoms with Crippen LogP contribution in [0.4, 0.5) is 0 Å². The number of nitrogens with one attached hydrogen (secondary N) is 1. The molecule has 0 aliphatic carbocycles. The van der Waals surface area contributed by atoms with Crippen LogP contribution in [-0.2, 0) is 9.59 Å². The summed E-state index contributed by atoms with van der Waals surface area (Å²) in [7, 11) is 0. The van der Waals surface area contributed by atoms with Gasteiger partial charge in [-0.3, -0.25) is 14.5 Å². The maximum Gasteiger partial charge on any atom is 0.320 e. The molecule has 1 aliphatic rings. The van der Waals surface area contributed by atoms with Gasteiger partial charge in [-0.1, -0.05) is 29.8 Å². The molecule has 1 saturated heterocycles. The Morgan fingerprint density at radius 2 is 2.19 bits per heavy atom. The fraction of sp³-hybridized carbons (Fsp3) is 0.467. The van der Waals surface area contributed by atoms with E-state index in [0.29, 0.717) is 18.0 Å². The number of hydrogen-bond donors (Lipinski definition) is 2. The van der Waals surface area contributed by atoms with E-state index < -0.39 is 12.0 Å². The highest BCUT2D eigenvalue weighted by Crippen LogP contribution is 2.22. The molecule has 114 valence electrons. The van der Waals surface area contributed by atoms with Crippen LogP contribution in [0.1, 0.15) is 31.4 Å². The highest BCUT2D eigenvalue weighted by atomic mass is 35.5. The molecule has 1 fully saturated rings. The van der Waals surface area contributed by atoms with Crippen molar-refractivity contribution in [1.82, 2.24) is 10.2 Å². The number of halogens is 1. The molecule has 0 bridgehead atoms. The highest BCUT2D eigenvalue weighted by Gasteiger charge is 2.31. The fourth-order valence-corrected chi connectivity index (χ4v) is 2.97. The maximum atomic E-state index is 12.1. The largest absolute Gasteiger partial charge is 0.480 e. The summed E-state index contributed by atoms with van der Waals surface area (Å²) in [6.45, 7) is 2.61. The lowest BCUT2D eigenvalue weighted by Crippen LogP contribution is -2.43. The number of carboxylic acid groups (broad SMARTS) is 1. The third-order valence-corrected chi connectivity index (χ3v) is 4.09. The number of likely N-dealkylation sites (tertiary alicyclic amines) is 1. The van der Waals surface area contributed by atoms with Crippen molar-refractivity contribution >= 4 is 23.5 Å². The lowest BCUT2D eigenvalue weighted by atomic mass is 10.1. The van der Waals surface area contributed by atoms with Crippen LogP contribution in [0.25, 0.3) is 0 Å². The Balaban J connectivity index is 1.93. The minimum absolute atomic E-state index is 0.103. The standard InChI is InChI=1S/C15H19ClN2O3/c1-10(11-5-2-3-6-12(11)16)17-14(19)9-18-8-4-7-13(18)15(20)21/h2-3,5-6,10,13H,4,7-9H2,1H3,(H,17,19)(H,20,21)/t10?,13-/m1/s1. The van der Waals surface area contributed by atoms with E-state index in [1.165, 1.54) is 0 Å². The molecule has 2 rings (SSSR count). The molecule has 0 aromatic heterocycles. The number of carbonyl (C=O) groups excluding carboxylic acids is 1. The average Bonchev–Trinajstić information content (AvgIpc) is 2.87. The van der Waals surface area contributed by atoms with Crippen molar-refractivity contribution in [2.45, 2.75) is 31.8 Å². The Hall–Kier alpha value is -1.59. The van der Waals surface area contributed by atoms with Crippen LogP contribution in [0.5, 0.6) is 0 Å². The Kier molecular flexibility index (Phi) is 5.20. The van der Waals surface area contributed by atoms with Gasteiger partial charge >= 0.3 is 5.97 Å². The second-order valence-corrected chi connectivity index (χ2v) is 5.68. The first-order chi connectivity index (χ1) is 9.99. The van der Waals surface area contributed by atoms with Gasteiger partial charge in [0.05, 0.1) is 12.6 Å². The molecular weight excluding hydrogens is 292 g/mol. The SMILES string of the molecule is CC(NC(=O)CN1CCC[C@@H]1C(=O)O)c1ccccc1Cl. The third kappa shape index (κ3) is 3.95. The van der Waals surface area contributed by atoms with Crippen molar-refractivity contribution in [3.8, 4) is 0 Å². The number of rotatable bonds is 5. The fourth-order valence-electron chi connectivity index (χ4n) is 2.67. The summed E-state index contributed by atoms with van der Waals surface area (Å²) >= 11 is 6.10. The Morgan fingerprint density at radius 1 is 1.48 bits per heavy atom. The van der Waals surface area contributed by atoms with E-state index in [2.05, 4.69) is 5.32 Å². The van der Waals surface area contributed by atoms with Crippen molar-refractivity contribution in [3.63, 3.8) is 0 Å². The first-order valence-electron chi connectivity index (χ1n) is 6.99. The highest BCUT2D eigenvalue weighted by molar-refractivity contribution is 6.31. The number of carboxylic acids is 1. The summed E-state index contributed by atoms with van der Waals surface area (Å²) in [6.07, 6.45) is 1.41. The van der Waals surface area contributed by atoms with E-state index in [1.54, 1.807) is 11.0 Å². The molecule has 6 heteroatoms. The molecule has 1 amide bonds. The lowest BCUT2D eigenvalue weighted by Gasteiger charge is -2.22. The van der Waals surface area contributed by atoms with Crippen LogP contribution in [0.15, 0.2) is 24.3 Å². The van der Waals surface area contributed by atoms with Gasteiger partial charge in [-0.15, -0.1) is 0 Å². The van der Waals surface area contributed by atoms with Crippen LogP contribution in [0, 0.1) is 0 Å². The summed E-state index contributed by atoms with van der Waals surface area (Å²) in [4.78, 5) is 24.9. The molecule has 0 radical (unpaired) electrons. The van der Waals surface area contributed by atoms with Crippen molar-refractivity contribution in [2.24, 2.45) is 0 Å². The number of hydrogen-bond acceptors (Lipinski definition) is 3. The molecule has 0 saturated carbocycles. The zero-order valence-corrected chi connectivity index (χ0v) is 12.6. The predicted octanol–water partition coefficient (Wildman–Crippen LogP) is 2.07. The first-order valence-corrected chi connectivity index (χ1v) is 7.37. The van der Waals surface area contributed by atoms with E-state index in [9.17, 15) is 9.59 Å². The molecule has 1 aromatic carbocycles. The van der Waals surface area contributed by atoms with E-state index in [0.717, 1.165) is 12.0 Å². The van der Waals surface area contributed by atoms with Crippen LogP contribution in [0.2, 0.25) is 5.02 Å². The van der Waals surface area contributed by atoms with Gasteiger partial charge in [0.1, 0.15) is 6.04 Å². The molecular formula is C15H19ClN2O3. The topological polar surface area (TPSA) is 69.6 Å². The number of aliphatic carboxylic acids is 1. The van der Waals surface area contributed by atoms with E-state index >= 15 is 0 Å². The minimum Gasteiger partial charge on any atom is -0.480 e. The monoisotopic (exact) mass is 310 g/mol. The zero-order valence-electron chi connectivity index (χ0n) is 11.9. The molecule has 2 atom stereocenters. The smallest absolute Gasteiger partial charge is 0.320 e. The maximum absolute atomic E-state index is 12.1. The van der Waals surface area contributed by atoms with E-state index in [-0.39, 0.29) is 18.5 Å². The van der Waals surface area contributed by atoms with Gasteiger partial charge in [-0.25, -0.2) is 0 Å². The molecule has 1 unspecified atom stereocenters. The predicted molar refractivity (Wildman–Crippen MR) is 80.2 cm³/mol. The summed E-state index contributed by atoms with van der Waals surface area (Å²) in [6, 6.07) is 6.58. The van der Waals surface area contributed by atoms with E-state index in [4.69, 9.17) is 16.7 Å². The van der Waals surface area contributed by atoms with Gasteiger partial charge in [0.15, 0.2) is 0 Å². The van der Waals surface area contributed by atoms with Gasteiger partial charge in [0.2, 0.25) is 5.91 Å². The summed E-state index contributed by atoms with van der Waals surface area (Å²) < 4.78 is 0. The molecule has 2 N–H and O–H groups in total. The zero-order chi connectivity index (χ0) is 15.4. The second kappa shape index (κ2) is 6.91. The number of nitrogens with zero attached hydrogens (tertiary/aromatic N) is 1. The third-order valence-electron chi connectivity index (χ3n) is 3.74. The summed E-state index contributed by atoms with van der Waals surface area (Å²) in [5.74, 6) is -1.05. The van der Waals surface area contributed by atoms with Crippen LogP contribution in [-0.4, -0.2) is 41.0 Å². The molecule has 1 aliphatic heterocycles. The Bertz CT molecular complexity index is 535. The number of amides is 1. The van der Waals surface area contributed by atoms with Gasteiger partial charge in [-0.2, -0.15) is 0 Å². The molecule has 5 nitrogen and oxygen atoms in total. The van der Waals surface area contributed by atoms with Gasteiger partial charge in [0, 0.05) is 5.02 Å². The van der Waals surface area contributed by atoms with E-state index in [1.807, 2.05) is 25.1 Å². The lowest BCUT2D eigenvalue weighted by molar-refractivity contribution is -0.142. The molecule has 0 spiro atoms.